The number of carbonyl (C=O) groups excluding carboxylic acids is 1. The maximum Gasteiger partial charge on any atom is 0.310 e. The molecule has 0 aliphatic heterocycles. The van der Waals surface area contributed by atoms with E-state index in [1.54, 1.807) is 6.08 Å². The molecule has 1 aliphatic carbocycles. The number of hydrogen-bond acceptors (Lipinski definition) is 3. The Morgan fingerprint density at radius 3 is 2.50 bits per heavy atom. The molecule has 0 saturated heterocycles. The number of rotatable bonds is 8. The maximum absolute atomic E-state index is 12.3. The van der Waals surface area contributed by atoms with Crippen LogP contribution in [0.3, 0.4) is 0 Å². The van der Waals surface area contributed by atoms with Crippen LogP contribution in [0.5, 0.6) is 5.75 Å². The molecule has 1 saturated carbocycles. The van der Waals surface area contributed by atoms with E-state index in [-0.39, 0.29) is 34.3 Å². The molecule has 0 bridgehead atoms. The monoisotopic (exact) mass is 370 g/mol. The highest BCUT2D eigenvalue weighted by Gasteiger charge is 2.61. The molecule has 1 aromatic rings. The quantitative estimate of drug-likeness (QED) is 0.447. The summed E-state index contributed by atoms with van der Waals surface area (Å²) in [5.74, 6) is 0.467. The predicted molar refractivity (Wildman–Crippen MR) is 97.2 cm³/mol. The molecule has 0 N–H and O–H groups in total. The SMILES string of the molecule is CCCCOc1ccc(COC(=O)C2C(C=C(Cl)Cl)C2(C)C)cc1. The zero-order chi connectivity index (χ0) is 17.7. The number of benzene rings is 1. The van der Waals surface area contributed by atoms with Gasteiger partial charge in [-0.1, -0.05) is 62.5 Å². The topological polar surface area (TPSA) is 35.5 Å². The van der Waals surface area contributed by atoms with E-state index in [1.807, 2.05) is 38.1 Å². The lowest BCUT2D eigenvalue weighted by Gasteiger charge is -2.08. The first-order chi connectivity index (χ1) is 11.4. The van der Waals surface area contributed by atoms with Gasteiger partial charge in [0.15, 0.2) is 0 Å². The van der Waals surface area contributed by atoms with Crippen LogP contribution in [0.1, 0.15) is 39.2 Å². The highest BCUT2D eigenvalue weighted by Crippen LogP contribution is 2.60. The molecular weight excluding hydrogens is 347 g/mol. The van der Waals surface area contributed by atoms with Crippen molar-refractivity contribution in [2.75, 3.05) is 6.61 Å². The van der Waals surface area contributed by atoms with E-state index in [4.69, 9.17) is 32.7 Å². The zero-order valence-electron chi connectivity index (χ0n) is 14.4. The van der Waals surface area contributed by atoms with Gasteiger partial charge in [-0.05, 0) is 41.5 Å². The van der Waals surface area contributed by atoms with Crippen LogP contribution in [0.25, 0.3) is 0 Å². The van der Waals surface area contributed by atoms with Crippen molar-refractivity contribution in [2.24, 2.45) is 17.3 Å². The minimum Gasteiger partial charge on any atom is -0.494 e. The Balaban J connectivity index is 1.83. The lowest BCUT2D eigenvalue weighted by molar-refractivity contribution is -0.147. The Bertz CT molecular complexity index is 589. The highest BCUT2D eigenvalue weighted by atomic mass is 35.5. The zero-order valence-corrected chi connectivity index (χ0v) is 15.9. The summed E-state index contributed by atoms with van der Waals surface area (Å²) in [6.07, 6.45) is 3.87. The largest absolute Gasteiger partial charge is 0.494 e. The smallest absolute Gasteiger partial charge is 0.310 e. The molecule has 0 amide bonds. The van der Waals surface area contributed by atoms with Gasteiger partial charge in [-0.2, -0.15) is 0 Å². The summed E-state index contributed by atoms with van der Waals surface area (Å²) >= 11 is 11.4. The number of carbonyl (C=O) groups is 1. The van der Waals surface area contributed by atoms with Crippen LogP contribution in [0.4, 0.5) is 0 Å². The number of hydrogen-bond donors (Lipinski definition) is 0. The summed E-state index contributed by atoms with van der Waals surface area (Å²) < 4.78 is 11.3. The lowest BCUT2D eigenvalue weighted by atomic mass is 10.1. The third kappa shape index (κ3) is 4.90. The Labute approximate surface area is 153 Å². The Hall–Kier alpha value is -1.19. The van der Waals surface area contributed by atoms with Gasteiger partial charge >= 0.3 is 5.97 Å². The van der Waals surface area contributed by atoms with Crippen molar-refractivity contribution < 1.29 is 14.3 Å². The molecule has 132 valence electrons. The van der Waals surface area contributed by atoms with Crippen molar-refractivity contribution >= 4 is 29.2 Å². The fourth-order valence-corrected chi connectivity index (χ4v) is 3.11. The number of esters is 1. The molecule has 3 nitrogen and oxygen atoms in total. The van der Waals surface area contributed by atoms with Crippen LogP contribution in [-0.2, 0) is 16.1 Å². The number of halogens is 2. The van der Waals surface area contributed by atoms with Gasteiger partial charge in [0.25, 0.3) is 0 Å². The molecule has 2 rings (SSSR count). The Morgan fingerprint density at radius 1 is 1.25 bits per heavy atom. The van der Waals surface area contributed by atoms with Gasteiger partial charge in [-0.25, -0.2) is 0 Å². The summed E-state index contributed by atoms with van der Waals surface area (Å²) in [5.41, 5.74) is 0.774. The van der Waals surface area contributed by atoms with Gasteiger partial charge < -0.3 is 9.47 Å². The van der Waals surface area contributed by atoms with Crippen molar-refractivity contribution in [1.82, 2.24) is 0 Å². The third-order valence-electron chi connectivity index (χ3n) is 4.54. The minimum atomic E-state index is -0.209. The van der Waals surface area contributed by atoms with Crippen LogP contribution in [0.2, 0.25) is 0 Å². The van der Waals surface area contributed by atoms with Crippen molar-refractivity contribution in [2.45, 2.75) is 40.2 Å². The summed E-state index contributed by atoms with van der Waals surface area (Å²) in [4.78, 5) is 12.3. The van der Waals surface area contributed by atoms with Crippen LogP contribution >= 0.6 is 23.2 Å². The second-order valence-electron chi connectivity index (χ2n) is 6.73. The summed E-state index contributed by atoms with van der Waals surface area (Å²) in [5, 5.41) is 0. The van der Waals surface area contributed by atoms with E-state index in [2.05, 4.69) is 6.92 Å². The first-order valence-electron chi connectivity index (χ1n) is 8.27. The van der Waals surface area contributed by atoms with Crippen molar-refractivity contribution in [3.63, 3.8) is 0 Å². The predicted octanol–water partition coefficient (Wildman–Crippen LogP) is 5.50. The molecule has 2 atom stereocenters. The van der Waals surface area contributed by atoms with Gasteiger partial charge in [-0.3, -0.25) is 4.79 Å². The molecule has 1 fully saturated rings. The average molecular weight is 371 g/mol. The van der Waals surface area contributed by atoms with Crippen molar-refractivity contribution in [3.05, 3.63) is 40.4 Å². The van der Waals surface area contributed by atoms with Gasteiger partial charge in [0.2, 0.25) is 0 Å². The standard InChI is InChI=1S/C19H24Cl2O3/c1-4-5-10-23-14-8-6-13(7-9-14)12-24-18(22)17-15(11-16(20)21)19(17,2)3/h6-9,11,15,17H,4-5,10,12H2,1-3H3. The molecule has 0 spiro atoms. The average Bonchev–Trinajstić information content (AvgIpc) is 3.06. The van der Waals surface area contributed by atoms with E-state index >= 15 is 0 Å². The van der Waals surface area contributed by atoms with Crippen LogP contribution in [0, 0.1) is 17.3 Å². The van der Waals surface area contributed by atoms with Crippen molar-refractivity contribution in [3.8, 4) is 5.75 Å². The summed E-state index contributed by atoms with van der Waals surface area (Å²) in [7, 11) is 0. The van der Waals surface area contributed by atoms with Gasteiger partial charge in [-0.15, -0.1) is 0 Å². The number of unbranched alkanes of at least 4 members (excludes halogenated alkanes) is 1. The van der Waals surface area contributed by atoms with Gasteiger partial charge in [0.1, 0.15) is 16.8 Å². The Morgan fingerprint density at radius 2 is 1.92 bits per heavy atom. The molecule has 2 unspecified atom stereocenters. The van der Waals surface area contributed by atoms with E-state index in [1.165, 1.54) is 0 Å². The lowest BCUT2D eigenvalue weighted by Crippen LogP contribution is -2.10. The first-order valence-corrected chi connectivity index (χ1v) is 9.03. The molecule has 0 radical (unpaired) electrons. The molecule has 0 heterocycles. The Kier molecular flexibility index (Phi) is 6.59. The minimum absolute atomic E-state index is 0.0318. The van der Waals surface area contributed by atoms with Crippen LogP contribution < -0.4 is 4.74 Å². The molecule has 5 heteroatoms. The van der Waals surface area contributed by atoms with E-state index in [9.17, 15) is 4.79 Å². The molecule has 0 aromatic heterocycles. The molecule has 24 heavy (non-hydrogen) atoms. The summed E-state index contributed by atoms with van der Waals surface area (Å²) in [6, 6.07) is 7.64. The first kappa shape index (κ1) is 19.1. The second-order valence-corrected chi connectivity index (χ2v) is 7.74. The maximum atomic E-state index is 12.3. The van der Waals surface area contributed by atoms with Gasteiger partial charge in [0.05, 0.1) is 12.5 Å². The molecular formula is C19H24Cl2O3. The fourth-order valence-electron chi connectivity index (χ4n) is 2.84. The number of allylic oxidation sites excluding steroid dienone is 1. The molecule has 1 aromatic carbocycles. The van der Waals surface area contributed by atoms with Crippen molar-refractivity contribution in [1.29, 1.82) is 0 Å². The van der Waals surface area contributed by atoms with Crippen LogP contribution in [-0.4, -0.2) is 12.6 Å². The normalized spacial score (nSPS) is 21.0. The van der Waals surface area contributed by atoms with E-state index in [0.29, 0.717) is 0 Å². The molecule has 1 aliphatic rings. The highest BCUT2D eigenvalue weighted by molar-refractivity contribution is 6.55. The van der Waals surface area contributed by atoms with E-state index in [0.717, 1.165) is 30.8 Å². The van der Waals surface area contributed by atoms with Crippen LogP contribution in [0.15, 0.2) is 34.8 Å². The summed E-state index contributed by atoms with van der Waals surface area (Å²) in [6.45, 7) is 7.13. The number of ether oxygens (including phenoxy) is 2. The third-order valence-corrected chi connectivity index (χ3v) is 4.79. The van der Waals surface area contributed by atoms with Gasteiger partial charge in [0, 0.05) is 0 Å². The second kappa shape index (κ2) is 8.26. The van der Waals surface area contributed by atoms with E-state index < -0.39 is 0 Å². The fraction of sp³-hybridized carbons (Fsp3) is 0.526.